The van der Waals surface area contributed by atoms with Crippen LogP contribution in [0.25, 0.3) is 16.7 Å². The first-order chi connectivity index (χ1) is 17.4. The fourth-order valence-corrected chi connectivity index (χ4v) is 4.16. The number of benzene rings is 3. The van der Waals surface area contributed by atoms with Gasteiger partial charge in [0.05, 0.1) is 15.6 Å². The summed E-state index contributed by atoms with van der Waals surface area (Å²) < 4.78 is 39.9. The molecular formula is C26H16BrF2N3O4. The lowest BCUT2D eigenvalue weighted by atomic mass is 10.1. The van der Waals surface area contributed by atoms with Crippen molar-refractivity contribution < 1.29 is 27.8 Å². The Balaban J connectivity index is 1.40. The van der Waals surface area contributed by atoms with Crippen LogP contribution >= 0.6 is 15.9 Å². The molecule has 0 saturated carbocycles. The molecule has 1 N–H and O–H groups in total. The number of rotatable bonds is 7. The van der Waals surface area contributed by atoms with Crippen LogP contribution in [0.4, 0.5) is 20.3 Å². The first-order valence-corrected chi connectivity index (χ1v) is 11.5. The number of fused-ring (bicyclic) bond motifs is 1. The third-order valence-corrected chi connectivity index (χ3v) is 6.02. The van der Waals surface area contributed by atoms with E-state index in [1.807, 2.05) is 0 Å². The number of ether oxygens (including phenoxy) is 2. The average molecular weight is 552 g/mol. The first-order valence-electron chi connectivity index (χ1n) is 10.7. The van der Waals surface area contributed by atoms with Crippen molar-refractivity contribution in [3.8, 4) is 5.75 Å². The summed E-state index contributed by atoms with van der Waals surface area (Å²) in [6, 6.07) is 14.1. The Morgan fingerprint density at radius 1 is 1.11 bits per heavy atom. The quantitative estimate of drug-likeness (QED) is 0.239. The van der Waals surface area contributed by atoms with E-state index in [2.05, 4.69) is 31.2 Å². The van der Waals surface area contributed by atoms with Gasteiger partial charge < -0.3 is 14.8 Å². The van der Waals surface area contributed by atoms with E-state index in [1.165, 1.54) is 30.6 Å². The van der Waals surface area contributed by atoms with E-state index in [0.717, 1.165) is 6.08 Å². The standard InChI is InChI=1S/C26H16BrF2N3O4/c27-19-7-16(4-5-23(19)35-12-14-2-1-3-15(28)6-14)32-26-18-8-17(20(29)9-21(18)30-13-31-26)24-10-22(34)25(11-33)36-24/h1-11,13,25H,12H2,(H,30,31,32). The zero-order chi connectivity index (χ0) is 25.2. The van der Waals surface area contributed by atoms with Gasteiger partial charge in [0.1, 0.15) is 41.9 Å². The molecule has 1 atom stereocenters. The lowest BCUT2D eigenvalue weighted by molar-refractivity contribution is -0.126. The molecule has 4 aromatic rings. The zero-order valence-electron chi connectivity index (χ0n) is 18.4. The summed E-state index contributed by atoms with van der Waals surface area (Å²) in [4.78, 5) is 31.2. The van der Waals surface area contributed by atoms with Crippen LogP contribution in [-0.4, -0.2) is 28.1 Å². The van der Waals surface area contributed by atoms with Crippen LogP contribution in [-0.2, 0) is 20.9 Å². The van der Waals surface area contributed by atoms with Gasteiger partial charge in [-0.05, 0) is 57.9 Å². The van der Waals surface area contributed by atoms with Gasteiger partial charge in [-0.15, -0.1) is 0 Å². The van der Waals surface area contributed by atoms with Gasteiger partial charge in [0.2, 0.25) is 11.9 Å². The van der Waals surface area contributed by atoms with Gasteiger partial charge in [-0.25, -0.2) is 18.7 Å². The number of halogens is 3. The first kappa shape index (κ1) is 23.6. The second-order valence-electron chi connectivity index (χ2n) is 7.85. The second-order valence-corrected chi connectivity index (χ2v) is 8.70. The molecule has 10 heteroatoms. The van der Waals surface area contributed by atoms with Crippen molar-refractivity contribution in [2.45, 2.75) is 12.7 Å². The molecule has 0 bridgehead atoms. The molecule has 0 fully saturated rings. The molecular weight excluding hydrogens is 536 g/mol. The van der Waals surface area contributed by atoms with Gasteiger partial charge in [-0.1, -0.05) is 12.1 Å². The van der Waals surface area contributed by atoms with Crippen LogP contribution in [0.15, 0.2) is 71.5 Å². The highest BCUT2D eigenvalue weighted by molar-refractivity contribution is 9.10. The lowest BCUT2D eigenvalue weighted by Crippen LogP contribution is -2.17. The number of aldehydes is 1. The molecule has 36 heavy (non-hydrogen) atoms. The minimum atomic E-state index is -1.28. The number of nitrogens with zero attached hydrogens (tertiary/aromatic N) is 2. The van der Waals surface area contributed by atoms with Crippen molar-refractivity contribution in [3.05, 3.63) is 94.2 Å². The Labute approximate surface area is 211 Å². The molecule has 5 rings (SSSR count). The highest BCUT2D eigenvalue weighted by Gasteiger charge is 2.29. The molecule has 1 aromatic heterocycles. The van der Waals surface area contributed by atoms with E-state index >= 15 is 0 Å². The topological polar surface area (TPSA) is 90.4 Å². The highest BCUT2D eigenvalue weighted by atomic mass is 79.9. The van der Waals surface area contributed by atoms with Gasteiger partial charge in [0, 0.05) is 23.2 Å². The zero-order valence-corrected chi connectivity index (χ0v) is 20.0. The smallest absolute Gasteiger partial charge is 0.215 e. The molecule has 0 radical (unpaired) electrons. The molecule has 1 aliphatic heterocycles. The summed E-state index contributed by atoms with van der Waals surface area (Å²) in [6.45, 7) is 0.194. The molecule has 0 aliphatic carbocycles. The molecule has 3 aromatic carbocycles. The van der Waals surface area contributed by atoms with Crippen molar-refractivity contribution in [3.63, 3.8) is 0 Å². The van der Waals surface area contributed by atoms with Crippen LogP contribution in [0.5, 0.6) is 5.75 Å². The highest BCUT2D eigenvalue weighted by Crippen LogP contribution is 2.34. The molecule has 0 saturated heterocycles. The van der Waals surface area contributed by atoms with Crippen molar-refractivity contribution in [1.82, 2.24) is 9.97 Å². The fraction of sp³-hybridized carbons (Fsp3) is 0.0769. The maximum Gasteiger partial charge on any atom is 0.215 e. The summed E-state index contributed by atoms with van der Waals surface area (Å²) >= 11 is 3.48. The van der Waals surface area contributed by atoms with E-state index in [1.54, 1.807) is 30.3 Å². The van der Waals surface area contributed by atoms with Gasteiger partial charge in [0.15, 0.2) is 6.29 Å². The van der Waals surface area contributed by atoms with Gasteiger partial charge in [0.25, 0.3) is 0 Å². The van der Waals surface area contributed by atoms with Crippen LogP contribution in [0, 0.1) is 11.6 Å². The number of aromatic nitrogens is 2. The minimum Gasteiger partial charge on any atom is -0.488 e. The maximum absolute atomic E-state index is 14.8. The normalized spacial score (nSPS) is 14.9. The van der Waals surface area contributed by atoms with Crippen molar-refractivity contribution in [1.29, 1.82) is 0 Å². The summed E-state index contributed by atoms with van der Waals surface area (Å²) in [5, 5.41) is 3.65. The lowest BCUT2D eigenvalue weighted by Gasteiger charge is -2.13. The number of carbonyl (C=O) groups is 2. The minimum absolute atomic E-state index is 0.0142. The van der Waals surface area contributed by atoms with Crippen LogP contribution in [0.1, 0.15) is 11.1 Å². The van der Waals surface area contributed by atoms with Gasteiger partial charge in [-0.2, -0.15) is 0 Å². The monoisotopic (exact) mass is 551 g/mol. The molecule has 7 nitrogen and oxygen atoms in total. The van der Waals surface area contributed by atoms with Crippen molar-refractivity contribution >= 4 is 56.2 Å². The Bertz CT molecular complexity index is 1540. The van der Waals surface area contributed by atoms with E-state index in [-0.39, 0.29) is 23.7 Å². The second kappa shape index (κ2) is 9.82. The Hall–Kier alpha value is -4.18. The number of nitrogens with one attached hydrogen (secondary N) is 1. The van der Waals surface area contributed by atoms with Crippen LogP contribution in [0.3, 0.4) is 0 Å². The predicted octanol–water partition coefficient (Wildman–Crippen LogP) is 5.50. The summed E-state index contributed by atoms with van der Waals surface area (Å²) in [5.41, 5.74) is 1.69. The third kappa shape index (κ3) is 4.80. The Morgan fingerprint density at radius 3 is 2.72 bits per heavy atom. The van der Waals surface area contributed by atoms with Gasteiger partial charge >= 0.3 is 0 Å². The summed E-state index contributed by atoms with van der Waals surface area (Å²) in [5.74, 6) is -0.624. The largest absolute Gasteiger partial charge is 0.488 e. The SMILES string of the molecule is O=CC1OC(c2cc3c(Nc4ccc(OCc5cccc(F)c5)c(Br)c4)ncnc3cc2F)=CC1=O. The van der Waals surface area contributed by atoms with Crippen molar-refractivity contribution in [2.24, 2.45) is 0 Å². The Kier molecular flexibility index (Phi) is 6.43. The van der Waals surface area contributed by atoms with Crippen molar-refractivity contribution in [2.75, 3.05) is 5.32 Å². The number of anilines is 2. The predicted molar refractivity (Wildman–Crippen MR) is 132 cm³/mol. The van der Waals surface area contributed by atoms with E-state index in [0.29, 0.717) is 44.5 Å². The summed E-state index contributed by atoms with van der Waals surface area (Å²) in [6.07, 6.45) is 1.48. The number of hydrogen-bond acceptors (Lipinski definition) is 7. The molecule has 180 valence electrons. The van der Waals surface area contributed by atoms with Crippen LogP contribution < -0.4 is 10.1 Å². The fourth-order valence-electron chi connectivity index (χ4n) is 3.66. The Morgan fingerprint density at radius 2 is 1.97 bits per heavy atom. The van der Waals surface area contributed by atoms with Crippen LogP contribution in [0.2, 0.25) is 0 Å². The molecule has 2 heterocycles. The van der Waals surface area contributed by atoms with E-state index in [4.69, 9.17) is 9.47 Å². The number of hydrogen-bond donors (Lipinski definition) is 1. The average Bonchev–Trinajstić information content (AvgIpc) is 3.23. The molecule has 0 spiro atoms. The van der Waals surface area contributed by atoms with Gasteiger partial charge in [-0.3, -0.25) is 9.59 Å². The third-order valence-electron chi connectivity index (χ3n) is 5.40. The number of carbonyl (C=O) groups excluding carboxylic acids is 2. The van der Waals surface area contributed by atoms with E-state index < -0.39 is 17.7 Å². The molecule has 0 amide bonds. The number of ketones is 1. The molecule has 1 unspecified atom stereocenters. The molecule has 1 aliphatic rings. The summed E-state index contributed by atoms with van der Waals surface area (Å²) in [7, 11) is 0. The maximum atomic E-state index is 14.8. The van der Waals surface area contributed by atoms with E-state index in [9.17, 15) is 18.4 Å².